The summed E-state index contributed by atoms with van der Waals surface area (Å²) in [5.41, 5.74) is 0. The highest BCUT2D eigenvalue weighted by Crippen LogP contribution is 2.30. The molecule has 0 radical (unpaired) electrons. The van der Waals surface area contributed by atoms with Crippen molar-refractivity contribution in [2.24, 2.45) is 23.7 Å². The molecule has 0 saturated carbocycles. The molecule has 116 valence electrons. The molecular weight excluding hydrogens is 228 g/mol. The van der Waals surface area contributed by atoms with Crippen LogP contribution in [0.5, 0.6) is 0 Å². The average molecular weight is 269 g/mol. The second kappa shape index (κ2) is 11.8. The van der Waals surface area contributed by atoms with Gasteiger partial charge in [-0.05, 0) is 42.9 Å². The zero-order valence-electron chi connectivity index (χ0n) is 14.7. The molecule has 0 rings (SSSR count). The van der Waals surface area contributed by atoms with Crippen LogP contribution in [0.4, 0.5) is 0 Å². The van der Waals surface area contributed by atoms with Crippen LogP contribution in [0.15, 0.2) is 0 Å². The van der Waals surface area contributed by atoms with Crippen molar-refractivity contribution < 1.29 is 0 Å². The van der Waals surface area contributed by atoms with Crippen LogP contribution < -0.4 is 0 Å². The molecule has 0 nitrogen and oxygen atoms in total. The molecule has 0 N–H and O–H groups in total. The van der Waals surface area contributed by atoms with Gasteiger partial charge in [0, 0.05) is 0 Å². The van der Waals surface area contributed by atoms with E-state index in [-0.39, 0.29) is 0 Å². The summed E-state index contributed by atoms with van der Waals surface area (Å²) in [6.07, 6.45) is 12.7. The van der Waals surface area contributed by atoms with E-state index in [9.17, 15) is 0 Å². The second-order valence-corrected chi connectivity index (χ2v) is 7.04. The van der Waals surface area contributed by atoms with Gasteiger partial charge < -0.3 is 0 Å². The molecule has 0 heteroatoms. The summed E-state index contributed by atoms with van der Waals surface area (Å²) in [5, 5.41) is 0. The molecule has 0 aliphatic carbocycles. The Hall–Kier alpha value is 0. The van der Waals surface area contributed by atoms with Gasteiger partial charge in [0.25, 0.3) is 0 Å². The topological polar surface area (TPSA) is 0 Å². The van der Waals surface area contributed by atoms with Gasteiger partial charge in [0.2, 0.25) is 0 Å². The zero-order valence-corrected chi connectivity index (χ0v) is 14.7. The van der Waals surface area contributed by atoms with Gasteiger partial charge >= 0.3 is 0 Å². The maximum atomic E-state index is 2.49. The van der Waals surface area contributed by atoms with Crippen LogP contribution in [0, 0.1) is 23.7 Å². The van der Waals surface area contributed by atoms with E-state index in [1.54, 1.807) is 0 Å². The van der Waals surface area contributed by atoms with Gasteiger partial charge in [-0.1, -0.05) is 80.1 Å². The summed E-state index contributed by atoms with van der Waals surface area (Å²) in [5.74, 6) is 3.80. The quantitative estimate of drug-likeness (QED) is 0.354. The Morgan fingerprint density at radius 3 is 1.53 bits per heavy atom. The zero-order chi connectivity index (χ0) is 14.7. The van der Waals surface area contributed by atoms with Crippen LogP contribution >= 0.6 is 0 Å². The molecule has 0 aliphatic heterocycles. The molecular formula is C19H40. The Morgan fingerprint density at radius 1 is 0.579 bits per heavy atom. The molecule has 0 aromatic heterocycles. The lowest BCUT2D eigenvalue weighted by atomic mass is 9.81. The highest BCUT2D eigenvalue weighted by Gasteiger charge is 2.17. The standard InChI is InChI=1S/C19H40/c1-7-11-16(5)13-19(10-4)15-17(6)14-18(9-3)12-8-2/h16-19H,7-15H2,1-6H3. The molecule has 0 fully saturated rings. The first kappa shape index (κ1) is 19.0. The lowest BCUT2D eigenvalue weighted by molar-refractivity contribution is 0.267. The fourth-order valence-corrected chi connectivity index (χ4v) is 3.74. The Labute approximate surface area is 123 Å². The third-order valence-corrected chi connectivity index (χ3v) is 4.84. The minimum atomic E-state index is 0.926. The van der Waals surface area contributed by atoms with E-state index in [2.05, 4.69) is 41.5 Å². The van der Waals surface area contributed by atoms with E-state index < -0.39 is 0 Å². The van der Waals surface area contributed by atoms with Gasteiger partial charge in [-0.2, -0.15) is 0 Å². The van der Waals surface area contributed by atoms with E-state index in [0.29, 0.717) is 0 Å². The minimum Gasteiger partial charge on any atom is -0.0654 e. The molecule has 4 unspecified atom stereocenters. The van der Waals surface area contributed by atoms with Crippen molar-refractivity contribution in [3.63, 3.8) is 0 Å². The van der Waals surface area contributed by atoms with Crippen LogP contribution in [0.2, 0.25) is 0 Å². The molecule has 0 amide bonds. The number of rotatable bonds is 12. The van der Waals surface area contributed by atoms with Gasteiger partial charge in [-0.3, -0.25) is 0 Å². The van der Waals surface area contributed by atoms with Gasteiger partial charge in [0.1, 0.15) is 0 Å². The first-order valence-corrected chi connectivity index (χ1v) is 9.07. The summed E-state index contributed by atoms with van der Waals surface area (Å²) >= 11 is 0. The minimum absolute atomic E-state index is 0.926. The van der Waals surface area contributed by atoms with Crippen LogP contribution in [0.25, 0.3) is 0 Å². The Kier molecular flexibility index (Phi) is 11.8. The molecule has 0 aromatic rings. The van der Waals surface area contributed by atoms with Gasteiger partial charge in [0.05, 0.1) is 0 Å². The van der Waals surface area contributed by atoms with Crippen molar-refractivity contribution in [1.29, 1.82) is 0 Å². The summed E-state index contributed by atoms with van der Waals surface area (Å²) < 4.78 is 0. The number of hydrogen-bond acceptors (Lipinski definition) is 0. The smallest absolute Gasteiger partial charge is 0.0412 e. The maximum Gasteiger partial charge on any atom is -0.0412 e. The Balaban J connectivity index is 4.07. The maximum absolute atomic E-state index is 2.49. The summed E-state index contributed by atoms with van der Waals surface area (Å²) in [7, 11) is 0. The highest BCUT2D eigenvalue weighted by molar-refractivity contribution is 4.69. The van der Waals surface area contributed by atoms with E-state index in [1.807, 2.05) is 0 Å². The summed E-state index contributed by atoms with van der Waals surface area (Å²) in [6, 6.07) is 0. The SMILES string of the molecule is CCCC(C)CC(CC)CC(C)CC(CC)CCC. The lowest BCUT2D eigenvalue weighted by Crippen LogP contribution is -2.13. The Bertz CT molecular complexity index is 184. The normalized spacial score (nSPS) is 18.0. The van der Waals surface area contributed by atoms with Crippen molar-refractivity contribution in [2.75, 3.05) is 0 Å². The molecule has 0 saturated heterocycles. The van der Waals surface area contributed by atoms with Crippen molar-refractivity contribution in [3.05, 3.63) is 0 Å². The monoisotopic (exact) mass is 268 g/mol. The fourth-order valence-electron chi connectivity index (χ4n) is 3.74. The van der Waals surface area contributed by atoms with Crippen molar-refractivity contribution in [3.8, 4) is 0 Å². The third-order valence-electron chi connectivity index (χ3n) is 4.84. The fraction of sp³-hybridized carbons (Fsp3) is 1.00. The lowest BCUT2D eigenvalue weighted by Gasteiger charge is -2.25. The first-order chi connectivity index (χ1) is 9.07. The molecule has 0 aliphatic rings. The van der Waals surface area contributed by atoms with Crippen LogP contribution in [0.3, 0.4) is 0 Å². The second-order valence-electron chi connectivity index (χ2n) is 7.04. The molecule has 4 atom stereocenters. The van der Waals surface area contributed by atoms with Gasteiger partial charge in [0.15, 0.2) is 0 Å². The van der Waals surface area contributed by atoms with E-state index in [4.69, 9.17) is 0 Å². The van der Waals surface area contributed by atoms with Gasteiger partial charge in [-0.25, -0.2) is 0 Å². The largest absolute Gasteiger partial charge is 0.0654 e. The van der Waals surface area contributed by atoms with Crippen molar-refractivity contribution in [1.82, 2.24) is 0 Å². The molecule has 0 bridgehead atoms. The molecule has 0 aromatic carbocycles. The third kappa shape index (κ3) is 9.52. The van der Waals surface area contributed by atoms with Crippen LogP contribution in [0.1, 0.15) is 99.3 Å². The Morgan fingerprint density at radius 2 is 1.05 bits per heavy atom. The van der Waals surface area contributed by atoms with E-state index in [1.165, 1.54) is 57.8 Å². The number of hydrogen-bond donors (Lipinski definition) is 0. The van der Waals surface area contributed by atoms with Gasteiger partial charge in [-0.15, -0.1) is 0 Å². The molecule has 19 heavy (non-hydrogen) atoms. The van der Waals surface area contributed by atoms with Crippen LogP contribution in [-0.4, -0.2) is 0 Å². The van der Waals surface area contributed by atoms with E-state index >= 15 is 0 Å². The molecule has 0 heterocycles. The van der Waals surface area contributed by atoms with Crippen molar-refractivity contribution in [2.45, 2.75) is 99.3 Å². The summed E-state index contributed by atoms with van der Waals surface area (Å²) in [6.45, 7) is 14.3. The molecule has 0 spiro atoms. The predicted octanol–water partition coefficient (Wildman–Crippen LogP) is 7.08. The first-order valence-electron chi connectivity index (χ1n) is 9.07. The summed E-state index contributed by atoms with van der Waals surface area (Å²) in [4.78, 5) is 0. The average Bonchev–Trinajstić information content (AvgIpc) is 2.37. The predicted molar refractivity (Wildman–Crippen MR) is 89.6 cm³/mol. The van der Waals surface area contributed by atoms with E-state index in [0.717, 1.165) is 23.7 Å². The van der Waals surface area contributed by atoms with Crippen LogP contribution in [-0.2, 0) is 0 Å². The van der Waals surface area contributed by atoms with Crippen molar-refractivity contribution >= 4 is 0 Å². The highest BCUT2D eigenvalue weighted by atomic mass is 14.2.